The number of hydrogen-bond acceptors (Lipinski definition) is 4. The van der Waals surface area contributed by atoms with Gasteiger partial charge in [-0.15, -0.1) is 0 Å². The van der Waals surface area contributed by atoms with Crippen LogP contribution < -0.4 is 0 Å². The van der Waals surface area contributed by atoms with Crippen molar-refractivity contribution in [2.45, 2.75) is 77.2 Å². The molecule has 2 N–H and O–H groups in total. The number of allylic oxidation sites excluding steroid dienone is 10. The van der Waals surface area contributed by atoms with Gasteiger partial charge >= 0.3 is 5.97 Å². The summed E-state index contributed by atoms with van der Waals surface area (Å²) in [5.41, 5.74) is 0. The summed E-state index contributed by atoms with van der Waals surface area (Å²) < 4.78 is 4.82. The molecule has 1 atom stereocenters. The average Bonchev–Trinajstić information content (AvgIpc) is 2.73. The fraction of sp³-hybridized carbons (Fsp3) is 0.560. The van der Waals surface area contributed by atoms with Crippen LogP contribution in [0.1, 0.15) is 71.1 Å². The van der Waals surface area contributed by atoms with Gasteiger partial charge in [0.15, 0.2) is 0 Å². The zero-order valence-electron chi connectivity index (χ0n) is 18.0. The van der Waals surface area contributed by atoms with Gasteiger partial charge < -0.3 is 14.9 Å². The molecule has 0 aromatic heterocycles. The van der Waals surface area contributed by atoms with E-state index in [9.17, 15) is 4.79 Å². The predicted molar refractivity (Wildman–Crippen MR) is 122 cm³/mol. The summed E-state index contributed by atoms with van der Waals surface area (Å²) in [6.45, 7) is 1.68. The van der Waals surface area contributed by atoms with Crippen LogP contribution in [0.15, 0.2) is 60.8 Å². The van der Waals surface area contributed by atoms with Crippen molar-refractivity contribution in [3.8, 4) is 0 Å². The number of hydrogen-bond donors (Lipinski definition) is 2. The van der Waals surface area contributed by atoms with Crippen LogP contribution in [0.4, 0.5) is 0 Å². The van der Waals surface area contributed by atoms with Crippen molar-refractivity contribution >= 4 is 5.97 Å². The Bertz CT molecular complexity index is 515. The van der Waals surface area contributed by atoms with Crippen molar-refractivity contribution < 1.29 is 19.7 Å². The molecule has 0 aromatic rings. The van der Waals surface area contributed by atoms with Crippen LogP contribution in [0.5, 0.6) is 0 Å². The topological polar surface area (TPSA) is 66.8 Å². The first kappa shape index (κ1) is 27.1. The van der Waals surface area contributed by atoms with Crippen molar-refractivity contribution in [2.75, 3.05) is 13.2 Å². The molecule has 0 radical (unpaired) electrons. The van der Waals surface area contributed by atoms with E-state index in [1.165, 1.54) is 25.7 Å². The van der Waals surface area contributed by atoms with Crippen LogP contribution in [0, 0.1) is 0 Å². The Morgan fingerprint density at radius 3 is 1.76 bits per heavy atom. The highest BCUT2D eigenvalue weighted by Gasteiger charge is 2.06. The van der Waals surface area contributed by atoms with Gasteiger partial charge in [0.2, 0.25) is 0 Å². The van der Waals surface area contributed by atoms with Gasteiger partial charge in [0.1, 0.15) is 12.7 Å². The maximum Gasteiger partial charge on any atom is 0.306 e. The molecule has 4 heteroatoms. The molecular formula is C25H40O4. The Balaban J connectivity index is 3.55. The van der Waals surface area contributed by atoms with E-state index < -0.39 is 12.7 Å². The monoisotopic (exact) mass is 404 g/mol. The third-order valence-electron chi connectivity index (χ3n) is 4.06. The third kappa shape index (κ3) is 22.2. The van der Waals surface area contributed by atoms with E-state index in [2.05, 4.69) is 55.5 Å². The number of carbonyl (C=O) groups excluding carboxylic acids is 1. The molecule has 0 rings (SSSR count). The molecule has 0 aliphatic heterocycles. The summed E-state index contributed by atoms with van der Waals surface area (Å²) in [7, 11) is 0. The van der Waals surface area contributed by atoms with Gasteiger partial charge in [0.25, 0.3) is 0 Å². The quantitative estimate of drug-likeness (QED) is 0.178. The molecule has 164 valence electrons. The number of esters is 1. The van der Waals surface area contributed by atoms with Crippen LogP contribution in [-0.4, -0.2) is 35.5 Å². The van der Waals surface area contributed by atoms with Gasteiger partial charge in [0, 0.05) is 6.42 Å². The first-order valence-electron chi connectivity index (χ1n) is 10.9. The maximum atomic E-state index is 11.4. The first-order valence-corrected chi connectivity index (χ1v) is 10.9. The highest BCUT2D eigenvalue weighted by molar-refractivity contribution is 5.69. The van der Waals surface area contributed by atoms with Gasteiger partial charge in [-0.05, 0) is 44.9 Å². The summed E-state index contributed by atoms with van der Waals surface area (Å²) >= 11 is 0. The Hall–Kier alpha value is -1.91. The summed E-state index contributed by atoms with van der Waals surface area (Å²) in [6.07, 6.45) is 30.3. The molecule has 0 saturated carbocycles. The fourth-order valence-electron chi connectivity index (χ4n) is 2.35. The number of rotatable bonds is 18. The van der Waals surface area contributed by atoms with Crippen LogP contribution in [0.2, 0.25) is 0 Å². The van der Waals surface area contributed by atoms with Gasteiger partial charge in [-0.1, -0.05) is 80.5 Å². The normalized spacial score (nSPS) is 13.6. The molecule has 0 amide bonds. The van der Waals surface area contributed by atoms with E-state index in [0.717, 1.165) is 25.7 Å². The largest absolute Gasteiger partial charge is 0.463 e. The third-order valence-corrected chi connectivity index (χ3v) is 4.06. The molecule has 0 bridgehead atoms. The van der Waals surface area contributed by atoms with Crippen molar-refractivity contribution in [3.63, 3.8) is 0 Å². The highest BCUT2D eigenvalue weighted by Crippen LogP contribution is 2.01. The molecule has 0 saturated heterocycles. The smallest absolute Gasteiger partial charge is 0.306 e. The number of aliphatic hydroxyl groups excluding tert-OH is 2. The Kier molecular flexibility index (Phi) is 20.9. The zero-order chi connectivity index (χ0) is 21.4. The molecule has 0 aromatic carbocycles. The molecule has 29 heavy (non-hydrogen) atoms. The van der Waals surface area contributed by atoms with Crippen molar-refractivity contribution in [1.82, 2.24) is 0 Å². The maximum absolute atomic E-state index is 11.4. The van der Waals surface area contributed by atoms with E-state index in [0.29, 0.717) is 6.42 Å². The average molecular weight is 405 g/mol. The van der Waals surface area contributed by atoms with E-state index in [4.69, 9.17) is 14.9 Å². The minimum absolute atomic E-state index is 0.152. The van der Waals surface area contributed by atoms with Crippen LogP contribution in [0.25, 0.3) is 0 Å². The molecule has 0 fully saturated rings. The SMILES string of the molecule is CCCCC/C=C/C/C=C/C/C=C/C/C=C/C/C=C/CCC(=O)OC[C@@H](O)CO. The lowest BCUT2D eigenvalue weighted by molar-refractivity contribution is -0.147. The van der Waals surface area contributed by atoms with E-state index in [1.54, 1.807) is 0 Å². The lowest BCUT2D eigenvalue weighted by Crippen LogP contribution is -2.21. The lowest BCUT2D eigenvalue weighted by atomic mass is 10.2. The molecule has 0 aliphatic carbocycles. The number of carbonyl (C=O) groups is 1. The van der Waals surface area contributed by atoms with Crippen LogP contribution >= 0.6 is 0 Å². The Labute approximate surface area is 177 Å². The summed E-state index contributed by atoms with van der Waals surface area (Å²) in [6, 6.07) is 0. The minimum Gasteiger partial charge on any atom is -0.463 e. The van der Waals surface area contributed by atoms with E-state index in [1.807, 2.05) is 12.2 Å². The molecule has 0 heterocycles. The molecule has 4 nitrogen and oxygen atoms in total. The molecule has 0 aliphatic rings. The Morgan fingerprint density at radius 1 is 0.793 bits per heavy atom. The van der Waals surface area contributed by atoms with Gasteiger partial charge in [-0.2, -0.15) is 0 Å². The van der Waals surface area contributed by atoms with Crippen LogP contribution in [-0.2, 0) is 9.53 Å². The van der Waals surface area contributed by atoms with Gasteiger partial charge in [-0.25, -0.2) is 0 Å². The summed E-state index contributed by atoms with van der Waals surface area (Å²) in [4.78, 5) is 11.4. The summed E-state index contributed by atoms with van der Waals surface area (Å²) in [5.74, 6) is -0.361. The molecular weight excluding hydrogens is 364 g/mol. The summed E-state index contributed by atoms with van der Waals surface area (Å²) in [5, 5.41) is 17.7. The van der Waals surface area contributed by atoms with E-state index in [-0.39, 0.29) is 19.0 Å². The molecule has 0 spiro atoms. The van der Waals surface area contributed by atoms with Crippen molar-refractivity contribution in [2.24, 2.45) is 0 Å². The zero-order valence-corrected chi connectivity index (χ0v) is 18.0. The second-order valence-electron chi connectivity index (χ2n) is 6.85. The number of aliphatic hydroxyl groups is 2. The minimum atomic E-state index is -0.994. The second kappa shape index (κ2) is 22.4. The second-order valence-corrected chi connectivity index (χ2v) is 6.85. The number of ether oxygens (including phenoxy) is 1. The number of unbranched alkanes of at least 4 members (excludes halogenated alkanes) is 3. The van der Waals surface area contributed by atoms with Gasteiger partial charge in [-0.3, -0.25) is 4.79 Å². The van der Waals surface area contributed by atoms with E-state index >= 15 is 0 Å². The molecule has 0 unspecified atom stereocenters. The van der Waals surface area contributed by atoms with Crippen molar-refractivity contribution in [3.05, 3.63) is 60.8 Å². The van der Waals surface area contributed by atoms with Crippen molar-refractivity contribution in [1.29, 1.82) is 0 Å². The predicted octanol–water partition coefficient (Wildman–Crippen LogP) is 5.58. The first-order chi connectivity index (χ1) is 14.2. The fourth-order valence-corrected chi connectivity index (χ4v) is 2.35. The Morgan fingerprint density at radius 2 is 1.28 bits per heavy atom. The standard InChI is InChI=1S/C25H40O4/c1-2-3-4-5-6-7-8-9-10-11-12-13-14-15-16-17-18-19-20-21-25(28)29-23-24(27)22-26/h6-7,9-10,12-13,15-16,18-19,24,26-27H,2-5,8,11,14,17,20-23H2,1H3/b7-6+,10-9+,13-12+,16-15+,19-18+/t24-/m0/s1. The van der Waals surface area contributed by atoms with Crippen LogP contribution in [0.3, 0.4) is 0 Å². The van der Waals surface area contributed by atoms with Gasteiger partial charge in [0.05, 0.1) is 6.61 Å². The lowest BCUT2D eigenvalue weighted by Gasteiger charge is -2.07. The highest BCUT2D eigenvalue weighted by atomic mass is 16.5.